The summed E-state index contributed by atoms with van der Waals surface area (Å²) in [6.45, 7) is 3.72. The average molecular weight is 358 g/mol. The predicted octanol–water partition coefficient (Wildman–Crippen LogP) is 4.13. The van der Waals surface area contributed by atoms with Crippen LogP contribution in [0.5, 0.6) is 0 Å². The number of carbonyl (C=O) groups excluding carboxylic acids is 1. The van der Waals surface area contributed by atoms with E-state index in [2.05, 4.69) is 34.4 Å². The summed E-state index contributed by atoms with van der Waals surface area (Å²) >= 11 is 0. The molecular formula is C22H22N4O. The monoisotopic (exact) mass is 358 g/mol. The lowest BCUT2D eigenvalue weighted by Gasteiger charge is -2.20. The third-order valence-corrected chi connectivity index (χ3v) is 5.63. The lowest BCUT2D eigenvalue weighted by Crippen LogP contribution is -2.33. The zero-order valence-corrected chi connectivity index (χ0v) is 15.6. The minimum atomic E-state index is -0.0733. The smallest absolute Gasteiger partial charge is 0.326 e. The molecule has 2 aliphatic rings. The molecule has 5 nitrogen and oxygen atoms in total. The second-order valence-electron chi connectivity index (χ2n) is 7.44. The van der Waals surface area contributed by atoms with Gasteiger partial charge in [-0.15, -0.1) is 0 Å². The lowest BCUT2D eigenvalue weighted by molar-refractivity contribution is 0.257. The zero-order valence-electron chi connectivity index (χ0n) is 15.6. The van der Waals surface area contributed by atoms with E-state index < -0.39 is 0 Å². The Kier molecular flexibility index (Phi) is 3.57. The normalized spacial score (nSPS) is 15.2. The van der Waals surface area contributed by atoms with Crippen LogP contribution in [0.2, 0.25) is 0 Å². The molecule has 0 spiro atoms. The number of nitrogens with one attached hydrogen (secondary N) is 1. The fourth-order valence-electron chi connectivity index (χ4n) is 4.24. The number of pyridine rings is 1. The number of carbonyl (C=O) groups is 1. The molecule has 27 heavy (non-hydrogen) atoms. The van der Waals surface area contributed by atoms with E-state index in [0.29, 0.717) is 0 Å². The Labute approximate surface area is 158 Å². The average Bonchev–Trinajstić information content (AvgIpc) is 3.23. The zero-order chi connectivity index (χ0) is 18.5. The van der Waals surface area contributed by atoms with Gasteiger partial charge in [0.2, 0.25) is 0 Å². The number of aromatic nitrogens is 1. The topological polar surface area (TPSA) is 48.5 Å². The number of hydrogen-bond acceptors (Lipinski definition) is 3. The van der Waals surface area contributed by atoms with Gasteiger partial charge in [0.15, 0.2) is 0 Å². The van der Waals surface area contributed by atoms with E-state index in [1.54, 1.807) is 0 Å². The van der Waals surface area contributed by atoms with E-state index in [1.807, 2.05) is 42.2 Å². The Morgan fingerprint density at radius 2 is 1.78 bits per heavy atom. The summed E-state index contributed by atoms with van der Waals surface area (Å²) in [5.41, 5.74) is 7.57. The van der Waals surface area contributed by atoms with E-state index in [1.165, 1.54) is 16.8 Å². The maximum Gasteiger partial charge on any atom is 0.326 e. The number of aryl methyl sites for hydroxylation is 1. The van der Waals surface area contributed by atoms with Gasteiger partial charge in [0.25, 0.3) is 0 Å². The van der Waals surface area contributed by atoms with Crippen LogP contribution in [0.1, 0.15) is 16.8 Å². The maximum absolute atomic E-state index is 13.1. The van der Waals surface area contributed by atoms with Crippen LogP contribution in [0.15, 0.2) is 42.5 Å². The molecule has 3 heterocycles. The first-order valence-corrected chi connectivity index (χ1v) is 9.42. The molecule has 3 aromatic rings. The fraction of sp³-hybridized carbons (Fsp3) is 0.273. The summed E-state index contributed by atoms with van der Waals surface area (Å²) in [5, 5.41) is 4.09. The summed E-state index contributed by atoms with van der Waals surface area (Å²) in [6, 6.07) is 14.2. The number of amides is 2. The standard InChI is InChI=1S/C22H22N4O/c1-14-11-19(17-5-3-4-6-18(17)23-14)24-22(27)26-10-8-16-12-20-15(13-21(16)26)7-9-25(20)2/h3-6,11-13H,7-10H2,1-2H3,(H,23,24,27). The SMILES string of the molecule is Cc1cc(NC(=O)N2CCc3cc4c(cc32)CCN4C)c2ccccc2n1. The maximum atomic E-state index is 13.1. The van der Waals surface area contributed by atoms with Gasteiger partial charge in [-0.2, -0.15) is 0 Å². The molecule has 0 fully saturated rings. The molecule has 2 amide bonds. The highest BCUT2D eigenvalue weighted by molar-refractivity contribution is 6.07. The Bertz CT molecular complexity index is 1080. The highest BCUT2D eigenvalue weighted by atomic mass is 16.2. The van der Waals surface area contributed by atoms with Crippen molar-refractivity contribution < 1.29 is 4.79 Å². The van der Waals surface area contributed by atoms with Crippen molar-refractivity contribution in [2.24, 2.45) is 0 Å². The molecule has 0 bridgehead atoms. The molecule has 0 radical (unpaired) electrons. The molecule has 1 N–H and O–H groups in total. The number of hydrogen-bond donors (Lipinski definition) is 1. The van der Waals surface area contributed by atoms with Crippen molar-refractivity contribution in [1.29, 1.82) is 0 Å². The number of nitrogens with zero attached hydrogens (tertiary/aromatic N) is 3. The molecular weight excluding hydrogens is 336 g/mol. The molecule has 0 saturated heterocycles. The van der Waals surface area contributed by atoms with Crippen molar-refractivity contribution in [3.8, 4) is 0 Å². The molecule has 5 heteroatoms. The van der Waals surface area contributed by atoms with Gasteiger partial charge in [0.1, 0.15) is 0 Å². The van der Waals surface area contributed by atoms with E-state index >= 15 is 0 Å². The van der Waals surface area contributed by atoms with Crippen LogP contribution in [0, 0.1) is 6.92 Å². The quantitative estimate of drug-likeness (QED) is 0.711. The van der Waals surface area contributed by atoms with Crippen LogP contribution in [0.25, 0.3) is 10.9 Å². The number of likely N-dealkylation sites (N-methyl/N-ethyl adjacent to an activating group) is 1. The Morgan fingerprint density at radius 3 is 2.67 bits per heavy atom. The van der Waals surface area contributed by atoms with Crippen molar-refractivity contribution in [1.82, 2.24) is 4.98 Å². The van der Waals surface area contributed by atoms with E-state index in [9.17, 15) is 4.79 Å². The number of benzene rings is 2. The minimum absolute atomic E-state index is 0.0733. The highest BCUT2D eigenvalue weighted by Crippen LogP contribution is 2.37. The number of urea groups is 1. The van der Waals surface area contributed by atoms with Crippen molar-refractivity contribution in [3.05, 3.63) is 59.3 Å². The van der Waals surface area contributed by atoms with Gasteiger partial charge in [0, 0.05) is 42.6 Å². The minimum Gasteiger partial charge on any atom is -0.374 e. The molecule has 5 rings (SSSR count). The molecule has 2 aliphatic heterocycles. The summed E-state index contributed by atoms with van der Waals surface area (Å²) in [6.07, 6.45) is 1.95. The Morgan fingerprint density at radius 1 is 1.04 bits per heavy atom. The molecule has 0 saturated carbocycles. The number of para-hydroxylation sites is 1. The first-order chi connectivity index (χ1) is 13.1. The van der Waals surface area contributed by atoms with Gasteiger partial charge in [-0.05, 0) is 55.2 Å². The van der Waals surface area contributed by atoms with Crippen LogP contribution in [-0.4, -0.2) is 31.2 Å². The largest absolute Gasteiger partial charge is 0.374 e. The first kappa shape index (κ1) is 16.1. The van der Waals surface area contributed by atoms with Gasteiger partial charge < -0.3 is 10.2 Å². The van der Waals surface area contributed by atoms with Gasteiger partial charge in [0.05, 0.1) is 11.2 Å². The summed E-state index contributed by atoms with van der Waals surface area (Å²) in [7, 11) is 2.13. The van der Waals surface area contributed by atoms with E-state index in [-0.39, 0.29) is 6.03 Å². The molecule has 0 aliphatic carbocycles. The van der Waals surface area contributed by atoms with Gasteiger partial charge >= 0.3 is 6.03 Å². The summed E-state index contributed by atoms with van der Waals surface area (Å²) < 4.78 is 0. The van der Waals surface area contributed by atoms with Crippen LogP contribution in [0.4, 0.5) is 21.9 Å². The highest BCUT2D eigenvalue weighted by Gasteiger charge is 2.28. The van der Waals surface area contributed by atoms with Crippen molar-refractivity contribution in [2.45, 2.75) is 19.8 Å². The molecule has 1 aromatic heterocycles. The van der Waals surface area contributed by atoms with Crippen LogP contribution in [0.3, 0.4) is 0 Å². The van der Waals surface area contributed by atoms with Crippen LogP contribution >= 0.6 is 0 Å². The fourth-order valence-corrected chi connectivity index (χ4v) is 4.24. The number of anilines is 3. The summed E-state index contributed by atoms with van der Waals surface area (Å²) in [4.78, 5) is 21.8. The van der Waals surface area contributed by atoms with E-state index in [0.717, 1.165) is 53.9 Å². The third kappa shape index (κ3) is 2.62. The molecule has 2 aromatic carbocycles. The number of rotatable bonds is 1. The van der Waals surface area contributed by atoms with Gasteiger partial charge in [-0.3, -0.25) is 9.88 Å². The Balaban J connectivity index is 1.48. The molecule has 136 valence electrons. The molecule has 0 atom stereocenters. The van der Waals surface area contributed by atoms with Crippen molar-refractivity contribution in [3.63, 3.8) is 0 Å². The second kappa shape index (κ2) is 5.98. The second-order valence-corrected chi connectivity index (χ2v) is 7.44. The van der Waals surface area contributed by atoms with Crippen molar-refractivity contribution >= 4 is 34.0 Å². The lowest BCUT2D eigenvalue weighted by atomic mass is 10.1. The molecule has 0 unspecified atom stereocenters. The number of fused-ring (bicyclic) bond motifs is 3. The van der Waals surface area contributed by atoms with Crippen molar-refractivity contribution in [2.75, 3.05) is 35.3 Å². The first-order valence-electron chi connectivity index (χ1n) is 9.42. The Hall–Kier alpha value is -3.08. The summed E-state index contributed by atoms with van der Waals surface area (Å²) in [5.74, 6) is 0. The van der Waals surface area contributed by atoms with E-state index in [4.69, 9.17) is 0 Å². The predicted molar refractivity (Wildman–Crippen MR) is 110 cm³/mol. The van der Waals surface area contributed by atoms with Gasteiger partial charge in [-0.1, -0.05) is 18.2 Å². The third-order valence-electron chi connectivity index (χ3n) is 5.63. The van der Waals surface area contributed by atoms with Crippen LogP contribution in [-0.2, 0) is 12.8 Å². The van der Waals surface area contributed by atoms with Gasteiger partial charge in [-0.25, -0.2) is 4.79 Å². The van der Waals surface area contributed by atoms with Crippen LogP contribution < -0.4 is 15.1 Å².